The number of carbonyl (C=O) groups is 1. The molecule has 104 valence electrons. The van der Waals surface area contributed by atoms with Gasteiger partial charge in [-0.3, -0.25) is 0 Å². The molecule has 1 aromatic carbocycles. The Bertz CT molecular complexity index is 428. The minimum absolute atomic E-state index is 0.127. The van der Waals surface area contributed by atoms with Crippen LogP contribution in [0.3, 0.4) is 0 Å². The fourth-order valence-corrected chi connectivity index (χ4v) is 2.03. The van der Waals surface area contributed by atoms with Crippen molar-refractivity contribution in [2.75, 3.05) is 36.5 Å². The number of morpholine rings is 1. The molecule has 0 spiro atoms. The van der Waals surface area contributed by atoms with Crippen LogP contribution in [0.1, 0.15) is 13.8 Å². The largest absolute Gasteiger partial charge is 0.378 e. The fraction of sp³-hybridized carbons (Fsp3) is 0.500. The van der Waals surface area contributed by atoms with Crippen molar-refractivity contribution in [1.29, 1.82) is 0 Å². The van der Waals surface area contributed by atoms with Crippen molar-refractivity contribution < 1.29 is 9.53 Å². The summed E-state index contributed by atoms with van der Waals surface area (Å²) in [5.41, 5.74) is 1.92. The highest BCUT2D eigenvalue weighted by molar-refractivity contribution is 5.90. The first-order valence-corrected chi connectivity index (χ1v) is 6.65. The lowest BCUT2D eigenvalue weighted by molar-refractivity contribution is 0.122. The lowest BCUT2D eigenvalue weighted by Gasteiger charge is -2.29. The predicted molar refractivity (Wildman–Crippen MR) is 76.8 cm³/mol. The van der Waals surface area contributed by atoms with E-state index < -0.39 is 0 Å². The number of hydrogen-bond donors (Lipinski definition) is 2. The molecule has 1 fully saturated rings. The zero-order chi connectivity index (χ0) is 13.7. The van der Waals surface area contributed by atoms with E-state index in [2.05, 4.69) is 21.6 Å². The molecule has 1 aliphatic rings. The van der Waals surface area contributed by atoms with Crippen LogP contribution in [0.4, 0.5) is 16.2 Å². The Morgan fingerprint density at radius 2 is 2.05 bits per heavy atom. The summed E-state index contributed by atoms with van der Waals surface area (Å²) < 4.78 is 5.34. The SMILES string of the molecule is CC(C)NC(=O)Nc1cccc(N2CCOCC2)c1. The van der Waals surface area contributed by atoms with Crippen LogP contribution >= 0.6 is 0 Å². The maximum Gasteiger partial charge on any atom is 0.319 e. The van der Waals surface area contributed by atoms with Gasteiger partial charge in [0.15, 0.2) is 0 Å². The first-order valence-electron chi connectivity index (χ1n) is 6.65. The van der Waals surface area contributed by atoms with Gasteiger partial charge in [0.05, 0.1) is 13.2 Å². The molecule has 0 bridgehead atoms. The molecule has 2 amide bonds. The second-order valence-electron chi connectivity index (χ2n) is 4.90. The predicted octanol–water partition coefficient (Wildman–Crippen LogP) is 2.05. The highest BCUT2D eigenvalue weighted by Crippen LogP contribution is 2.20. The lowest BCUT2D eigenvalue weighted by Crippen LogP contribution is -2.36. The van der Waals surface area contributed by atoms with Gasteiger partial charge in [0, 0.05) is 30.5 Å². The Kier molecular flexibility index (Phi) is 4.63. The van der Waals surface area contributed by atoms with Gasteiger partial charge >= 0.3 is 6.03 Å². The number of urea groups is 1. The van der Waals surface area contributed by atoms with Gasteiger partial charge in [0.25, 0.3) is 0 Å². The van der Waals surface area contributed by atoms with E-state index in [0.717, 1.165) is 37.7 Å². The lowest BCUT2D eigenvalue weighted by atomic mass is 10.2. The van der Waals surface area contributed by atoms with E-state index in [1.165, 1.54) is 0 Å². The van der Waals surface area contributed by atoms with Crippen molar-refractivity contribution >= 4 is 17.4 Å². The van der Waals surface area contributed by atoms with Crippen LogP contribution in [0.25, 0.3) is 0 Å². The third-order valence-corrected chi connectivity index (χ3v) is 2.90. The molecule has 2 rings (SSSR count). The van der Waals surface area contributed by atoms with E-state index in [4.69, 9.17) is 4.74 Å². The zero-order valence-corrected chi connectivity index (χ0v) is 11.5. The number of carbonyl (C=O) groups excluding carboxylic acids is 1. The number of anilines is 2. The van der Waals surface area contributed by atoms with Crippen molar-refractivity contribution in [3.05, 3.63) is 24.3 Å². The molecule has 2 N–H and O–H groups in total. The molecule has 0 saturated carbocycles. The van der Waals surface area contributed by atoms with Gasteiger partial charge < -0.3 is 20.3 Å². The first kappa shape index (κ1) is 13.7. The fourth-order valence-electron chi connectivity index (χ4n) is 2.03. The second kappa shape index (κ2) is 6.43. The van der Waals surface area contributed by atoms with Crippen LogP contribution in [0.15, 0.2) is 24.3 Å². The molecular formula is C14H21N3O2. The van der Waals surface area contributed by atoms with Gasteiger partial charge in [-0.05, 0) is 32.0 Å². The number of benzene rings is 1. The van der Waals surface area contributed by atoms with Crippen molar-refractivity contribution in [2.45, 2.75) is 19.9 Å². The molecule has 1 heterocycles. The van der Waals surface area contributed by atoms with Crippen molar-refractivity contribution in [1.82, 2.24) is 5.32 Å². The van der Waals surface area contributed by atoms with Crippen LogP contribution in [0.2, 0.25) is 0 Å². The van der Waals surface area contributed by atoms with Crippen LogP contribution in [0.5, 0.6) is 0 Å². The number of nitrogens with one attached hydrogen (secondary N) is 2. The van der Waals surface area contributed by atoms with Gasteiger partial charge in [-0.15, -0.1) is 0 Å². The second-order valence-corrected chi connectivity index (χ2v) is 4.90. The van der Waals surface area contributed by atoms with E-state index in [-0.39, 0.29) is 12.1 Å². The minimum Gasteiger partial charge on any atom is -0.378 e. The van der Waals surface area contributed by atoms with Gasteiger partial charge in [0.1, 0.15) is 0 Å². The Hall–Kier alpha value is -1.75. The van der Waals surface area contributed by atoms with Gasteiger partial charge in [-0.25, -0.2) is 4.79 Å². The molecule has 0 unspecified atom stereocenters. The Labute approximate surface area is 113 Å². The first-order chi connectivity index (χ1) is 9.15. The number of amides is 2. The molecule has 0 radical (unpaired) electrons. The molecule has 5 heteroatoms. The molecule has 0 aromatic heterocycles. The molecule has 0 aliphatic carbocycles. The maximum atomic E-state index is 11.7. The third-order valence-electron chi connectivity index (χ3n) is 2.90. The summed E-state index contributed by atoms with van der Waals surface area (Å²) in [5, 5.41) is 5.65. The molecule has 1 aliphatic heterocycles. The number of ether oxygens (including phenoxy) is 1. The van der Waals surface area contributed by atoms with Crippen molar-refractivity contribution in [3.8, 4) is 0 Å². The highest BCUT2D eigenvalue weighted by Gasteiger charge is 2.12. The molecule has 19 heavy (non-hydrogen) atoms. The monoisotopic (exact) mass is 263 g/mol. The van der Waals surface area contributed by atoms with E-state index >= 15 is 0 Å². The average molecular weight is 263 g/mol. The van der Waals surface area contributed by atoms with Crippen molar-refractivity contribution in [2.24, 2.45) is 0 Å². The third kappa shape index (κ3) is 4.13. The van der Waals surface area contributed by atoms with Crippen molar-refractivity contribution in [3.63, 3.8) is 0 Å². The summed E-state index contributed by atoms with van der Waals surface area (Å²) in [6.45, 7) is 7.16. The van der Waals surface area contributed by atoms with E-state index in [1.54, 1.807) is 0 Å². The molecular weight excluding hydrogens is 242 g/mol. The zero-order valence-electron chi connectivity index (χ0n) is 11.5. The van der Waals surface area contributed by atoms with Gasteiger partial charge in [0.2, 0.25) is 0 Å². The summed E-state index contributed by atoms with van der Waals surface area (Å²) in [7, 11) is 0. The number of hydrogen-bond acceptors (Lipinski definition) is 3. The number of nitrogens with zero attached hydrogens (tertiary/aromatic N) is 1. The average Bonchev–Trinajstić information content (AvgIpc) is 2.39. The quantitative estimate of drug-likeness (QED) is 0.877. The summed E-state index contributed by atoms with van der Waals surface area (Å²) in [4.78, 5) is 13.9. The Morgan fingerprint density at radius 3 is 2.74 bits per heavy atom. The van der Waals surface area contributed by atoms with Crippen LogP contribution in [-0.4, -0.2) is 38.4 Å². The van der Waals surface area contributed by atoms with E-state index in [9.17, 15) is 4.79 Å². The molecule has 1 aromatic rings. The van der Waals surface area contributed by atoms with Gasteiger partial charge in [-0.2, -0.15) is 0 Å². The Balaban J connectivity index is 2.00. The normalized spacial score (nSPS) is 15.4. The summed E-state index contributed by atoms with van der Waals surface area (Å²) >= 11 is 0. The summed E-state index contributed by atoms with van der Waals surface area (Å²) in [5.74, 6) is 0. The maximum absolute atomic E-state index is 11.7. The minimum atomic E-state index is -0.172. The molecule has 0 atom stereocenters. The topological polar surface area (TPSA) is 53.6 Å². The molecule has 1 saturated heterocycles. The van der Waals surface area contributed by atoms with Crippen LogP contribution in [0, 0.1) is 0 Å². The summed E-state index contributed by atoms with van der Waals surface area (Å²) in [6, 6.07) is 7.85. The van der Waals surface area contributed by atoms with Crippen LogP contribution < -0.4 is 15.5 Å². The number of rotatable bonds is 3. The van der Waals surface area contributed by atoms with E-state index in [1.807, 2.05) is 32.0 Å². The molecule has 5 nitrogen and oxygen atoms in total. The smallest absolute Gasteiger partial charge is 0.319 e. The van der Waals surface area contributed by atoms with E-state index in [0.29, 0.717) is 0 Å². The van der Waals surface area contributed by atoms with Crippen LogP contribution in [-0.2, 0) is 4.74 Å². The van der Waals surface area contributed by atoms with Gasteiger partial charge in [-0.1, -0.05) is 6.07 Å². The summed E-state index contributed by atoms with van der Waals surface area (Å²) in [6.07, 6.45) is 0. The Morgan fingerprint density at radius 1 is 1.32 bits per heavy atom. The highest BCUT2D eigenvalue weighted by atomic mass is 16.5. The standard InChI is InChI=1S/C14H21N3O2/c1-11(2)15-14(18)16-12-4-3-5-13(10-12)17-6-8-19-9-7-17/h3-5,10-11H,6-9H2,1-2H3,(H2,15,16,18).